The number of hydrogen-bond acceptors (Lipinski definition) is 7. The van der Waals surface area contributed by atoms with Crippen LogP contribution >= 0.6 is 0 Å². The molecule has 1 saturated heterocycles. The molecule has 0 amide bonds. The fourth-order valence-corrected chi connectivity index (χ4v) is 3.66. The van der Waals surface area contributed by atoms with E-state index in [-0.39, 0.29) is 13.0 Å². The third kappa shape index (κ3) is 9.85. The van der Waals surface area contributed by atoms with Gasteiger partial charge in [-0.2, -0.15) is 0 Å². The second kappa shape index (κ2) is 14.8. The molecule has 0 saturated carbocycles. The number of ether oxygens (including phenoxy) is 4. The molecule has 2 rings (SSSR count). The minimum atomic E-state index is -1.03. The van der Waals surface area contributed by atoms with Crippen LogP contribution in [0.25, 0.3) is 0 Å². The molecule has 2 heterocycles. The van der Waals surface area contributed by atoms with Crippen molar-refractivity contribution >= 4 is 11.9 Å². The summed E-state index contributed by atoms with van der Waals surface area (Å²) in [5.41, 5.74) is 0. The van der Waals surface area contributed by atoms with E-state index in [9.17, 15) is 14.7 Å². The molecule has 1 N–H and O–H groups in total. The number of carbonyl (C=O) groups excluding carboxylic acids is 2. The lowest BCUT2D eigenvalue weighted by atomic mass is 10.1. The Kier molecular flexibility index (Phi) is 12.1. The molecule has 34 heavy (non-hydrogen) atoms. The first-order valence-electron chi connectivity index (χ1n) is 12.5. The summed E-state index contributed by atoms with van der Waals surface area (Å²) in [6.07, 6.45) is 20.7. The number of carbonyl (C=O) groups is 2. The zero-order valence-electron chi connectivity index (χ0n) is 20.8. The highest BCUT2D eigenvalue weighted by Crippen LogP contribution is 2.32. The van der Waals surface area contributed by atoms with Crippen LogP contribution in [-0.4, -0.2) is 41.6 Å². The molecule has 2 aliphatic heterocycles. The van der Waals surface area contributed by atoms with Gasteiger partial charge in [-0.3, -0.25) is 4.79 Å². The van der Waals surface area contributed by atoms with Gasteiger partial charge in [0.15, 0.2) is 17.7 Å². The summed E-state index contributed by atoms with van der Waals surface area (Å²) in [5, 5.41) is 10.3. The molecule has 0 aromatic carbocycles. The van der Waals surface area contributed by atoms with Crippen LogP contribution in [0.1, 0.15) is 85.0 Å². The van der Waals surface area contributed by atoms with Crippen LogP contribution in [0.15, 0.2) is 48.0 Å². The van der Waals surface area contributed by atoms with E-state index in [1.54, 1.807) is 13.8 Å². The normalized spacial score (nSPS) is 22.5. The van der Waals surface area contributed by atoms with Gasteiger partial charge >= 0.3 is 11.9 Å². The van der Waals surface area contributed by atoms with Crippen molar-refractivity contribution in [2.45, 2.75) is 103 Å². The van der Waals surface area contributed by atoms with Gasteiger partial charge in [0.1, 0.15) is 6.10 Å². The van der Waals surface area contributed by atoms with Crippen molar-refractivity contribution in [1.82, 2.24) is 0 Å². The van der Waals surface area contributed by atoms with E-state index in [1.807, 2.05) is 0 Å². The summed E-state index contributed by atoms with van der Waals surface area (Å²) in [6, 6.07) is 0. The smallest absolute Gasteiger partial charge is 0.378 e. The molecule has 0 radical (unpaired) electrons. The summed E-state index contributed by atoms with van der Waals surface area (Å²) in [6.45, 7) is 5.83. The van der Waals surface area contributed by atoms with Crippen LogP contribution in [0.5, 0.6) is 0 Å². The maximum atomic E-state index is 12.1. The average molecular weight is 477 g/mol. The van der Waals surface area contributed by atoms with E-state index in [0.29, 0.717) is 6.42 Å². The number of unbranched alkanes of at least 4 members (excludes halogenated alkanes) is 5. The first-order valence-corrected chi connectivity index (χ1v) is 12.5. The Morgan fingerprint density at radius 1 is 1.03 bits per heavy atom. The summed E-state index contributed by atoms with van der Waals surface area (Å²) in [7, 11) is 0. The van der Waals surface area contributed by atoms with E-state index < -0.39 is 41.5 Å². The molecule has 7 nitrogen and oxygen atoms in total. The molecule has 2 atom stereocenters. The molecule has 1 fully saturated rings. The van der Waals surface area contributed by atoms with Gasteiger partial charge in [-0.1, -0.05) is 56.2 Å². The SMILES string of the molecule is CCCCC/C=C\C/C=C\C/C=C\CCCCC(=O)OC1=C(O)C(C2COC(C)(C)O2)OC1=O. The molecule has 2 unspecified atom stereocenters. The fourth-order valence-electron chi connectivity index (χ4n) is 3.66. The number of rotatable bonds is 15. The Morgan fingerprint density at radius 3 is 2.24 bits per heavy atom. The number of aliphatic hydroxyl groups is 1. The third-order valence-corrected chi connectivity index (χ3v) is 5.53. The minimum Gasteiger partial charge on any atom is -0.505 e. The van der Waals surface area contributed by atoms with Gasteiger partial charge < -0.3 is 24.1 Å². The highest BCUT2D eigenvalue weighted by Gasteiger charge is 2.47. The standard InChI is InChI=1S/C27H40O7/c1-4-5-6-7-8-9-10-11-12-13-14-15-16-17-18-19-22(28)32-25-23(29)24(33-26(25)30)21-20-31-27(2,3)34-21/h8-9,11-12,14-15,21,24,29H,4-7,10,13,16-20H2,1-3H3/b9-8-,12-11-,15-14-. The van der Waals surface area contributed by atoms with Gasteiger partial charge in [0.05, 0.1) is 6.61 Å². The van der Waals surface area contributed by atoms with Gasteiger partial charge in [0.25, 0.3) is 5.76 Å². The van der Waals surface area contributed by atoms with Crippen molar-refractivity contribution < 1.29 is 33.6 Å². The van der Waals surface area contributed by atoms with Crippen LogP contribution in [-0.2, 0) is 28.5 Å². The van der Waals surface area contributed by atoms with Gasteiger partial charge in [0, 0.05) is 6.42 Å². The van der Waals surface area contributed by atoms with Crippen molar-refractivity contribution in [2.24, 2.45) is 0 Å². The maximum absolute atomic E-state index is 12.1. The first-order chi connectivity index (χ1) is 16.3. The molecule has 190 valence electrons. The molecular weight excluding hydrogens is 436 g/mol. The molecule has 0 spiro atoms. The van der Waals surface area contributed by atoms with Crippen molar-refractivity contribution in [3.63, 3.8) is 0 Å². The van der Waals surface area contributed by atoms with E-state index >= 15 is 0 Å². The zero-order chi connectivity index (χ0) is 24.8. The number of esters is 2. The average Bonchev–Trinajstić information content (AvgIpc) is 3.29. The zero-order valence-corrected chi connectivity index (χ0v) is 20.8. The molecule has 0 aliphatic carbocycles. The molecule has 2 aliphatic rings. The number of allylic oxidation sites excluding steroid dienone is 6. The lowest BCUT2D eigenvalue weighted by molar-refractivity contribution is -0.164. The van der Waals surface area contributed by atoms with Gasteiger partial charge in [0.2, 0.25) is 0 Å². The number of aliphatic hydroxyl groups excluding tert-OH is 1. The Hall–Kier alpha value is -2.38. The summed E-state index contributed by atoms with van der Waals surface area (Å²) in [4.78, 5) is 24.1. The van der Waals surface area contributed by atoms with Crippen molar-refractivity contribution in [3.05, 3.63) is 48.0 Å². The topological polar surface area (TPSA) is 91.3 Å². The minimum absolute atomic E-state index is 0.156. The predicted octanol–water partition coefficient (Wildman–Crippen LogP) is 5.97. The molecule has 0 aromatic heterocycles. The molecule has 0 aromatic rings. The Labute approximate surface area is 203 Å². The number of hydrogen-bond donors (Lipinski definition) is 1. The second-order valence-corrected chi connectivity index (χ2v) is 9.01. The highest BCUT2D eigenvalue weighted by molar-refractivity contribution is 5.92. The molecule has 0 bridgehead atoms. The third-order valence-electron chi connectivity index (χ3n) is 5.53. The molecular formula is C27H40O7. The first kappa shape index (κ1) is 27.9. The Morgan fingerprint density at radius 2 is 1.65 bits per heavy atom. The monoisotopic (exact) mass is 476 g/mol. The maximum Gasteiger partial charge on any atom is 0.378 e. The van der Waals surface area contributed by atoms with Crippen molar-refractivity contribution in [2.75, 3.05) is 6.61 Å². The summed E-state index contributed by atoms with van der Waals surface area (Å²) in [5.74, 6) is -3.14. The molecule has 7 heteroatoms. The van der Waals surface area contributed by atoms with Crippen LogP contribution in [0.2, 0.25) is 0 Å². The van der Waals surface area contributed by atoms with Gasteiger partial charge in [-0.25, -0.2) is 4.79 Å². The fraction of sp³-hybridized carbons (Fsp3) is 0.630. The van der Waals surface area contributed by atoms with Gasteiger partial charge in [-0.05, 0) is 58.8 Å². The van der Waals surface area contributed by atoms with E-state index in [4.69, 9.17) is 18.9 Å². The van der Waals surface area contributed by atoms with E-state index in [1.165, 1.54) is 25.7 Å². The van der Waals surface area contributed by atoms with Crippen LogP contribution in [0.3, 0.4) is 0 Å². The lowest BCUT2D eigenvalue weighted by Crippen LogP contribution is -2.32. The van der Waals surface area contributed by atoms with Gasteiger partial charge in [-0.15, -0.1) is 0 Å². The van der Waals surface area contributed by atoms with Crippen LogP contribution in [0, 0.1) is 0 Å². The summed E-state index contributed by atoms with van der Waals surface area (Å²) >= 11 is 0. The highest BCUT2D eigenvalue weighted by atomic mass is 16.8. The quantitative estimate of drug-likeness (QED) is 0.177. The number of cyclic esters (lactones) is 1. The lowest BCUT2D eigenvalue weighted by Gasteiger charge is -2.19. The second-order valence-electron chi connectivity index (χ2n) is 9.01. The Bertz CT molecular complexity index is 776. The van der Waals surface area contributed by atoms with Crippen LogP contribution < -0.4 is 0 Å². The predicted molar refractivity (Wildman–Crippen MR) is 130 cm³/mol. The Balaban J connectivity index is 1.57. The van der Waals surface area contributed by atoms with Crippen molar-refractivity contribution in [3.8, 4) is 0 Å². The van der Waals surface area contributed by atoms with E-state index in [0.717, 1.165) is 25.7 Å². The largest absolute Gasteiger partial charge is 0.505 e. The van der Waals surface area contributed by atoms with Crippen LogP contribution in [0.4, 0.5) is 0 Å². The summed E-state index contributed by atoms with van der Waals surface area (Å²) < 4.78 is 21.3. The van der Waals surface area contributed by atoms with Crippen molar-refractivity contribution in [1.29, 1.82) is 0 Å². The van der Waals surface area contributed by atoms with E-state index in [2.05, 4.69) is 43.4 Å².